The van der Waals surface area contributed by atoms with E-state index >= 15 is 0 Å². The third-order valence-electron chi connectivity index (χ3n) is 11.0. The van der Waals surface area contributed by atoms with Crippen molar-refractivity contribution < 1.29 is 0 Å². The molecule has 10 rings (SSSR count). The van der Waals surface area contributed by atoms with Crippen molar-refractivity contribution in [2.24, 2.45) is 0 Å². The Kier molecular flexibility index (Phi) is 7.75. The second-order valence-corrected chi connectivity index (χ2v) is 14.0. The highest BCUT2D eigenvalue weighted by Crippen LogP contribution is 2.59. The van der Waals surface area contributed by atoms with E-state index < -0.39 is 5.41 Å². The van der Waals surface area contributed by atoms with E-state index in [0.29, 0.717) is 11.4 Å². The molecule has 9 aromatic rings. The maximum absolute atomic E-state index is 10.6. The Bertz CT molecular complexity index is 2860. The van der Waals surface area contributed by atoms with Crippen LogP contribution in [-0.2, 0) is 5.41 Å². The van der Waals surface area contributed by atoms with Crippen LogP contribution in [0.4, 0.5) is 0 Å². The van der Waals surface area contributed by atoms with Crippen molar-refractivity contribution in [1.82, 2.24) is 9.97 Å². The number of fused-ring (bicyclic) bond motifs is 4. The molecule has 0 atom stereocenters. The fourth-order valence-corrected chi connectivity index (χ4v) is 8.63. The van der Waals surface area contributed by atoms with Crippen LogP contribution in [0.3, 0.4) is 0 Å². The molecular weight excluding hydrogens is 667 g/mol. The van der Waals surface area contributed by atoms with E-state index in [2.05, 4.69) is 176 Å². The summed E-state index contributed by atoms with van der Waals surface area (Å²) in [6.07, 6.45) is 0. The zero-order valence-corrected chi connectivity index (χ0v) is 29.9. The third-order valence-corrected chi connectivity index (χ3v) is 11.0. The zero-order chi connectivity index (χ0) is 36.8. The molecule has 0 fully saturated rings. The van der Waals surface area contributed by atoms with Crippen molar-refractivity contribution in [1.29, 1.82) is 5.26 Å². The molecule has 0 spiro atoms. The van der Waals surface area contributed by atoms with Gasteiger partial charge in [-0.15, -0.1) is 0 Å². The third kappa shape index (κ3) is 5.19. The van der Waals surface area contributed by atoms with E-state index in [-0.39, 0.29) is 0 Å². The number of nitriles is 1. The van der Waals surface area contributed by atoms with Crippen LogP contribution in [-0.4, -0.2) is 9.97 Å². The molecule has 256 valence electrons. The lowest BCUT2D eigenvalue weighted by Gasteiger charge is -2.34. The number of hydrogen-bond acceptors (Lipinski definition) is 3. The molecule has 0 bridgehead atoms. The normalized spacial score (nSPS) is 12.5. The first kappa shape index (κ1) is 32.3. The van der Waals surface area contributed by atoms with Gasteiger partial charge in [-0.3, -0.25) is 0 Å². The Labute approximate surface area is 320 Å². The monoisotopic (exact) mass is 699 g/mol. The van der Waals surface area contributed by atoms with Gasteiger partial charge in [0.25, 0.3) is 0 Å². The number of hydrogen-bond donors (Lipinski definition) is 0. The predicted octanol–water partition coefficient (Wildman–Crippen LogP) is 12.5. The van der Waals surface area contributed by atoms with Crippen molar-refractivity contribution in [2.75, 3.05) is 0 Å². The molecule has 0 saturated carbocycles. The predicted molar refractivity (Wildman–Crippen MR) is 223 cm³/mol. The fourth-order valence-electron chi connectivity index (χ4n) is 8.63. The number of nitrogens with zero attached hydrogens (tertiary/aromatic N) is 3. The summed E-state index contributed by atoms with van der Waals surface area (Å²) >= 11 is 0. The largest absolute Gasteiger partial charge is 0.228 e. The summed E-state index contributed by atoms with van der Waals surface area (Å²) in [5.41, 5.74) is 13.7. The Morgan fingerprint density at radius 1 is 0.418 bits per heavy atom. The summed E-state index contributed by atoms with van der Waals surface area (Å²) in [7, 11) is 0. The van der Waals surface area contributed by atoms with Crippen molar-refractivity contribution in [3.05, 3.63) is 228 Å². The first-order chi connectivity index (χ1) is 27.2. The SMILES string of the molecule is N#Cc1cccc2c1-c1c(-c3ccc(-c4cc(-c5ccccc5)nc(-c5cccc6ccccc56)n4)cc3)cccc1C2(c1ccccc1)c1ccccc1. The maximum Gasteiger partial charge on any atom is 0.161 e. The molecule has 1 aromatic heterocycles. The van der Waals surface area contributed by atoms with E-state index in [1.54, 1.807) is 0 Å². The molecule has 55 heavy (non-hydrogen) atoms. The Balaban J connectivity index is 1.16. The average Bonchev–Trinajstić information content (AvgIpc) is 3.58. The summed E-state index contributed by atoms with van der Waals surface area (Å²) in [4.78, 5) is 10.3. The Morgan fingerprint density at radius 3 is 1.60 bits per heavy atom. The van der Waals surface area contributed by atoms with Gasteiger partial charge in [0, 0.05) is 22.3 Å². The summed E-state index contributed by atoms with van der Waals surface area (Å²) < 4.78 is 0. The molecule has 8 aromatic carbocycles. The molecule has 1 heterocycles. The molecule has 0 N–H and O–H groups in total. The highest BCUT2D eigenvalue weighted by molar-refractivity contribution is 5.98. The van der Waals surface area contributed by atoms with Gasteiger partial charge in [-0.2, -0.15) is 5.26 Å². The summed E-state index contributed by atoms with van der Waals surface area (Å²) in [5.74, 6) is 0.692. The number of benzene rings is 8. The minimum absolute atomic E-state index is 0.594. The smallest absolute Gasteiger partial charge is 0.161 e. The van der Waals surface area contributed by atoms with Crippen LogP contribution < -0.4 is 0 Å². The summed E-state index contributed by atoms with van der Waals surface area (Å²) in [6.45, 7) is 0. The first-order valence-electron chi connectivity index (χ1n) is 18.6. The topological polar surface area (TPSA) is 49.6 Å². The second kappa shape index (κ2) is 13.2. The van der Waals surface area contributed by atoms with Gasteiger partial charge in [-0.1, -0.05) is 188 Å². The van der Waals surface area contributed by atoms with Crippen LogP contribution in [0.2, 0.25) is 0 Å². The lowest BCUT2D eigenvalue weighted by Crippen LogP contribution is -2.28. The highest BCUT2D eigenvalue weighted by Gasteiger charge is 2.47. The lowest BCUT2D eigenvalue weighted by molar-refractivity contribution is 0.768. The van der Waals surface area contributed by atoms with Crippen LogP contribution in [0, 0.1) is 11.3 Å². The van der Waals surface area contributed by atoms with Crippen LogP contribution in [0.25, 0.3) is 66.9 Å². The quantitative estimate of drug-likeness (QED) is 0.174. The van der Waals surface area contributed by atoms with Gasteiger partial charge in [0.05, 0.1) is 28.4 Å². The second-order valence-electron chi connectivity index (χ2n) is 14.0. The maximum atomic E-state index is 10.6. The molecule has 3 nitrogen and oxygen atoms in total. The van der Waals surface area contributed by atoms with Gasteiger partial charge in [-0.25, -0.2) is 9.97 Å². The van der Waals surface area contributed by atoms with Gasteiger partial charge >= 0.3 is 0 Å². The van der Waals surface area contributed by atoms with Gasteiger partial charge in [0.2, 0.25) is 0 Å². The Morgan fingerprint density at radius 2 is 0.927 bits per heavy atom. The number of aromatic nitrogens is 2. The molecule has 1 aliphatic carbocycles. The van der Waals surface area contributed by atoms with Crippen LogP contribution in [0.5, 0.6) is 0 Å². The van der Waals surface area contributed by atoms with Crippen LogP contribution in [0.1, 0.15) is 27.8 Å². The molecule has 1 aliphatic rings. The Hall–Kier alpha value is -7.41. The van der Waals surface area contributed by atoms with Crippen molar-refractivity contribution in [3.8, 4) is 62.2 Å². The van der Waals surface area contributed by atoms with Gasteiger partial charge < -0.3 is 0 Å². The first-order valence-corrected chi connectivity index (χ1v) is 18.6. The molecule has 3 heteroatoms. The van der Waals surface area contributed by atoms with Crippen molar-refractivity contribution in [3.63, 3.8) is 0 Å². The summed E-state index contributed by atoms with van der Waals surface area (Å²) in [6, 6.07) is 72.5. The molecule has 0 aliphatic heterocycles. The van der Waals surface area contributed by atoms with E-state index in [4.69, 9.17) is 9.97 Å². The van der Waals surface area contributed by atoms with Crippen LogP contribution in [0.15, 0.2) is 200 Å². The van der Waals surface area contributed by atoms with Crippen molar-refractivity contribution >= 4 is 10.8 Å². The van der Waals surface area contributed by atoms with E-state index in [1.165, 1.54) is 16.7 Å². The van der Waals surface area contributed by atoms with E-state index in [0.717, 1.165) is 66.7 Å². The molecule has 0 unspecified atom stereocenters. The highest BCUT2D eigenvalue weighted by atomic mass is 14.9. The van der Waals surface area contributed by atoms with Crippen molar-refractivity contribution in [2.45, 2.75) is 5.41 Å². The minimum Gasteiger partial charge on any atom is -0.228 e. The fraction of sp³-hybridized carbons (Fsp3) is 0.0192. The molecule has 0 radical (unpaired) electrons. The molecule has 0 amide bonds. The van der Waals surface area contributed by atoms with E-state index in [1.807, 2.05) is 30.3 Å². The van der Waals surface area contributed by atoms with E-state index in [9.17, 15) is 5.26 Å². The lowest BCUT2D eigenvalue weighted by atomic mass is 9.67. The minimum atomic E-state index is -0.594. The number of rotatable bonds is 6. The average molecular weight is 700 g/mol. The molecular formula is C52H33N3. The van der Waals surface area contributed by atoms with Gasteiger partial charge in [0.15, 0.2) is 5.82 Å². The van der Waals surface area contributed by atoms with Gasteiger partial charge in [-0.05, 0) is 61.8 Å². The van der Waals surface area contributed by atoms with Crippen LogP contribution >= 0.6 is 0 Å². The standard InChI is InChI=1S/C52H33N3/c53-34-39-19-13-27-45-49(39)50-43(25-14-28-46(50)52(45,40-20-6-2-7-21-40)41-22-8-3-9-23-41)36-29-31-38(32-30-36)48-33-47(37-16-4-1-5-17-37)54-51(55-48)44-26-12-18-35-15-10-11-24-42(35)44/h1-33H. The van der Waals surface area contributed by atoms with Gasteiger partial charge in [0.1, 0.15) is 0 Å². The zero-order valence-electron chi connectivity index (χ0n) is 29.9. The molecule has 0 saturated heterocycles. The summed E-state index contributed by atoms with van der Waals surface area (Å²) in [5, 5.41) is 12.8.